The summed E-state index contributed by atoms with van der Waals surface area (Å²) in [6, 6.07) is -4.27. The standard InChI is InChI=1S/C23H39N11O13S/c24-11(2-1-3-27-23(25)26)20(43)30-8-17(38)33-12(4-18(39)40)21(44)31-6-15(36)28-5-14(35)29-7-16(37)34-13(10-48(46)47)22(45)32-9-19(41)42/h11-13H,1-10,24H2,(H,28,36)(H,29,35)(H,30,43)(H,31,44)(H,32,45)(H,33,38)(H,34,37)(H,39,40)(H,41,42)(H,46,47)(H4,25,26,27)/t11-,12-,13-/m0/s1. The average Bonchev–Trinajstić information content (AvgIpc) is 2.99. The molecule has 7 amide bonds. The molecule has 0 aromatic carbocycles. The number of hydrogen-bond donors (Lipinski definition) is 13. The molecule has 0 aliphatic rings. The molecule has 0 heterocycles. The molecule has 4 atom stereocenters. The molecule has 0 fully saturated rings. The molecule has 1 unspecified atom stereocenters. The molecule has 0 saturated heterocycles. The fraction of sp³-hybridized carbons (Fsp3) is 0.565. The zero-order valence-electron chi connectivity index (χ0n) is 25.3. The predicted octanol–water partition coefficient (Wildman–Crippen LogP) is -8.30. The molecule has 24 nitrogen and oxygen atoms in total. The van der Waals surface area contributed by atoms with Gasteiger partial charge in [0, 0.05) is 6.54 Å². The molecule has 0 saturated carbocycles. The van der Waals surface area contributed by atoms with E-state index in [1.807, 2.05) is 10.6 Å². The van der Waals surface area contributed by atoms with Crippen LogP contribution >= 0.6 is 0 Å². The smallest absolute Gasteiger partial charge is 0.322 e. The van der Waals surface area contributed by atoms with E-state index in [0.717, 1.165) is 0 Å². The average molecular weight is 710 g/mol. The largest absolute Gasteiger partial charge is 0.481 e. The SMILES string of the molecule is NC(N)=NCCC[C@H](N)C(=O)NCC(=O)N[C@@H](CC(=O)O)C(=O)NCC(=O)NCC(=O)NCC(=O)N[C@@H](CS(=O)O)C(=O)NCC(=O)O. The summed E-state index contributed by atoms with van der Waals surface area (Å²) in [7, 11) is 0. The molecule has 0 bridgehead atoms. The summed E-state index contributed by atoms with van der Waals surface area (Å²) in [5, 5.41) is 32.2. The molecule has 0 aliphatic heterocycles. The van der Waals surface area contributed by atoms with Crippen LogP contribution in [-0.2, 0) is 54.2 Å². The summed E-state index contributed by atoms with van der Waals surface area (Å²) >= 11 is -2.56. The highest BCUT2D eigenvalue weighted by atomic mass is 32.2. The fourth-order valence-corrected chi connectivity index (χ4v) is 3.73. The third-order valence-electron chi connectivity index (χ3n) is 5.45. The number of aliphatic imine (C=N–C) groups is 1. The van der Waals surface area contributed by atoms with Crippen molar-refractivity contribution in [3.05, 3.63) is 0 Å². The summed E-state index contributed by atoms with van der Waals surface area (Å²) in [4.78, 5) is 110. The van der Waals surface area contributed by atoms with Gasteiger partial charge in [0.15, 0.2) is 17.0 Å². The lowest BCUT2D eigenvalue weighted by Gasteiger charge is -2.18. The zero-order chi connectivity index (χ0) is 36.8. The fourth-order valence-electron chi connectivity index (χ4n) is 3.21. The van der Waals surface area contributed by atoms with Gasteiger partial charge in [0.1, 0.15) is 18.6 Å². The number of hydrogen-bond acceptors (Lipinski definition) is 12. The molecular formula is C23H39N11O13S. The van der Waals surface area contributed by atoms with Crippen molar-refractivity contribution in [2.24, 2.45) is 22.2 Å². The Morgan fingerprint density at radius 3 is 1.62 bits per heavy atom. The first-order valence-electron chi connectivity index (χ1n) is 13.7. The van der Waals surface area contributed by atoms with Crippen LogP contribution in [-0.4, -0.2) is 141 Å². The minimum atomic E-state index is -2.56. The highest BCUT2D eigenvalue weighted by Crippen LogP contribution is 1.96. The van der Waals surface area contributed by atoms with Gasteiger partial charge >= 0.3 is 11.9 Å². The summed E-state index contributed by atoms with van der Waals surface area (Å²) in [6.07, 6.45) is -0.342. The van der Waals surface area contributed by atoms with Crippen LogP contribution in [0.25, 0.3) is 0 Å². The van der Waals surface area contributed by atoms with Crippen molar-refractivity contribution in [2.75, 3.05) is 45.0 Å². The Labute approximate surface area is 274 Å². The molecule has 0 aromatic heterocycles. The lowest BCUT2D eigenvalue weighted by Crippen LogP contribution is -2.53. The first-order valence-corrected chi connectivity index (χ1v) is 15.0. The third-order valence-corrected chi connectivity index (χ3v) is 6.07. The number of carbonyl (C=O) groups is 9. The maximum Gasteiger partial charge on any atom is 0.322 e. The van der Waals surface area contributed by atoms with Crippen LogP contribution in [0.4, 0.5) is 0 Å². The van der Waals surface area contributed by atoms with Crippen LogP contribution < -0.4 is 54.4 Å². The molecule has 0 aliphatic carbocycles. The zero-order valence-corrected chi connectivity index (χ0v) is 26.1. The van der Waals surface area contributed by atoms with Crippen molar-refractivity contribution in [1.29, 1.82) is 0 Å². The van der Waals surface area contributed by atoms with E-state index in [4.69, 9.17) is 32.0 Å². The Bertz CT molecular complexity index is 1260. The van der Waals surface area contributed by atoms with Crippen molar-refractivity contribution in [3.63, 3.8) is 0 Å². The third kappa shape index (κ3) is 21.3. The monoisotopic (exact) mass is 709 g/mol. The van der Waals surface area contributed by atoms with Crippen molar-refractivity contribution in [1.82, 2.24) is 37.2 Å². The second kappa shape index (κ2) is 23.0. The highest BCUT2D eigenvalue weighted by Gasteiger charge is 2.26. The summed E-state index contributed by atoms with van der Waals surface area (Å²) in [5.74, 6) is -10.5. The lowest BCUT2D eigenvalue weighted by molar-refractivity contribution is -0.141. The van der Waals surface area contributed by atoms with E-state index in [1.54, 1.807) is 0 Å². The minimum Gasteiger partial charge on any atom is -0.481 e. The first kappa shape index (κ1) is 42.6. The van der Waals surface area contributed by atoms with E-state index >= 15 is 0 Å². The topological polar surface area (TPSA) is 406 Å². The highest BCUT2D eigenvalue weighted by molar-refractivity contribution is 7.79. The van der Waals surface area contributed by atoms with Gasteiger partial charge < -0.3 is 69.2 Å². The Kier molecular flexibility index (Phi) is 20.4. The van der Waals surface area contributed by atoms with Gasteiger partial charge in [0.2, 0.25) is 41.4 Å². The van der Waals surface area contributed by atoms with E-state index in [1.165, 1.54) is 0 Å². The number of nitrogens with zero attached hydrogens (tertiary/aromatic N) is 1. The van der Waals surface area contributed by atoms with Gasteiger partial charge in [-0.2, -0.15) is 0 Å². The van der Waals surface area contributed by atoms with Crippen LogP contribution in [0.1, 0.15) is 19.3 Å². The maximum atomic E-state index is 12.4. The minimum absolute atomic E-state index is 0.131. The van der Waals surface area contributed by atoms with Gasteiger partial charge in [0.05, 0.1) is 44.4 Å². The van der Waals surface area contributed by atoms with Gasteiger partial charge in [-0.1, -0.05) is 0 Å². The molecule has 0 rings (SSSR count). The van der Waals surface area contributed by atoms with Gasteiger partial charge in [-0.15, -0.1) is 0 Å². The Morgan fingerprint density at radius 2 is 1.10 bits per heavy atom. The van der Waals surface area contributed by atoms with Crippen LogP contribution in [0.2, 0.25) is 0 Å². The Morgan fingerprint density at radius 1 is 0.646 bits per heavy atom. The summed E-state index contributed by atoms with van der Waals surface area (Å²) < 4.78 is 20.1. The number of carboxylic acid groups (broad SMARTS) is 2. The molecule has 48 heavy (non-hydrogen) atoms. The molecule has 16 N–H and O–H groups in total. The van der Waals surface area contributed by atoms with Crippen molar-refractivity contribution < 1.29 is 62.1 Å². The van der Waals surface area contributed by atoms with Crippen molar-refractivity contribution in [3.8, 4) is 0 Å². The van der Waals surface area contributed by atoms with E-state index in [0.29, 0.717) is 6.42 Å². The van der Waals surface area contributed by atoms with Gasteiger partial charge in [-0.25, -0.2) is 4.21 Å². The van der Waals surface area contributed by atoms with Crippen LogP contribution in [0.5, 0.6) is 0 Å². The number of amides is 7. The molecule has 270 valence electrons. The molecule has 0 radical (unpaired) electrons. The number of nitrogens with two attached hydrogens (primary N) is 3. The second-order valence-corrected chi connectivity index (χ2v) is 10.5. The van der Waals surface area contributed by atoms with Gasteiger partial charge in [0.25, 0.3) is 0 Å². The van der Waals surface area contributed by atoms with E-state index in [2.05, 4.69) is 31.6 Å². The number of carbonyl (C=O) groups excluding carboxylic acids is 7. The maximum absolute atomic E-state index is 12.4. The molecule has 0 spiro atoms. The lowest BCUT2D eigenvalue weighted by atomic mass is 10.1. The molecule has 0 aromatic rings. The van der Waals surface area contributed by atoms with Crippen molar-refractivity contribution in [2.45, 2.75) is 37.4 Å². The van der Waals surface area contributed by atoms with E-state index in [-0.39, 0.29) is 18.9 Å². The summed E-state index contributed by atoms with van der Waals surface area (Å²) in [5.41, 5.74) is 16.1. The Balaban J connectivity index is 4.70. The predicted molar refractivity (Wildman–Crippen MR) is 162 cm³/mol. The van der Waals surface area contributed by atoms with E-state index in [9.17, 15) is 47.4 Å². The first-order chi connectivity index (χ1) is 22.4. The molecular weight excluding hydrogens is 670 g/mol. The van der Waals surface area contributed by atoms with Gasteiger partial charge in [-0.3, -0.25) is 48.1 Å². The Hall–Kier alpha value is -5.43. The number of nitrogens with one attached hydrogen (secondary N) is 7. The summed E-state index contributed by atoms with van der Waals surface area (Å²) in [6.45, 7) is -3.49. The second-order valence-electron chi connectivity index (χ2n) is 9.48. The van der Waals surface area contributed by atoms with Crippen LogP contribution in [0.3, 0.4) is 0 Å². The number of carboxylic acids is 2. The van der Waals surface area contributed by atoms with Crippen molar-refractivity contribution >= 4 is 70.3 Å². The number of rotatable bonds is 23. The van der Waals surface area contributed by atoms with Gasteiger partial charge in [-0.05, 0) is 12.8 Å². The van der Waals surface area contributed by atoms with Crippen LogP contribution in [0, 0.1) is 0 Å². The van der Waals surface area contributed by atoms with Crippen LogP contribution in [0.15, 0.2) is 4.99 Å². The number of guanidine groups is 1. The normalized spacial score (nSPS) is 12.8. The quantitative estimate of drug-likeness (QED) is 0.0203. The molecule has 25 heteroatoms. The van der Waals surface area contributed by atoms with E-state index < -0.39 is 127 Å². The number of aliphatic carboxylic acids is 2.